The molecule has 0 bridgehead atoms. The molecule has 0 aliphatic rings. The van der Waals surface area contributed by atoms with Gasteiger partial charge in [-0.2, -0.15) is 0 Å². The van der Waals surface area contributed by atoms with Gasteiger partial charge in [0.05, 0.1) is 6.10 Å². The number of halogens is 1. The van der Waals surface area contributed by atoms with Gasteiger partial charge in [-0.05, 0) is 102 Å². The van der Waals surface area contributed by atoms with Crippen LogP contribution < -0.4 is 14.2 Å². The maximum atomic E-state index is 6.10. The zero-order valence-electron chi connectivity index (χ0n) is 20.2. The Labute approximate surface area is 222 Å². The smallest absolute Gasteiger partial charge is 0.161 e. The summed E-state index contributed by atoms with van der Waals surface area (Å²) in [7, 11) is 0. The second-order valence-electron chi connectivity index (χ2n) is 8.75. The number of hydrogen-bond acceptors (Lipinski definition) is 3. The zero-order chi connectivity index (χ0) is 24.5. The normalized spacial score (nSPS) is 10.9. The van der Waals surface area contributed by atoms with E-state index in [-0.39, 0.29) is 6.10 Å². The molecule has 0 aromatic heterocycles. The molecule has 0 saturated carbocycles. The molecule has 0 atom stereocenters. The van der Waals surface area contributed by atoms with Crippen LogP contribution in [0.2, 0.25) is 0 Å². The van der Waals surface area contributed by atoms with E-state index in [9.17, 15) is 0 Å². The minimum absolute atomic E-state index is 0.0729. The quantitative estimate of drug-likeness (QED) is 0.169. The van der Waals surface area contributed by atoms with Crippen LogP contribution >= 0.6 is 22.6 Å². The zero-order valence-corrected chi connectivity index (χ0v) is 22.4. The number of ether oxygens (including phenoxy) is 3. The fourth-order valence-corrected chi connectivity index (χ4v) is 4.37. The highest BCUT2D eigenvalue weighted by atomic mass is 127. The van der Waals surface area contributed by atoms with E-state index >= 15 is 0 Å². The Morgan fingerprint density at radius 2 is 1.29 bits per heavy atom. The summed E-state index contributed by atoms with van der Waals surface area (Å²) >= 11 is 2.40. The summed E-state index contributed by atoms with van der Waals surface area (Å²) in [6.45, 7) is 5.16. The van der Waals surface area contributed by atoms with Crippen LogP contribution in [-0.4, -0.2) is 6.10 Å². The topological polar surface area (TPSA) is 27.7 Å². The van der Waals surface area contributed by atoms with Gasteiger partial charge >= 0.3 is 0 Å². The third-order valence-corrected chi connectivity index (χ3v) is 6.61. The predicted molar refractivity (Wildman–Crippen MR) is 150 cm³/mol. The van der Waals surface area contributed by atoms with Gasteiger partial charge in [-0.15, -0.1) is 0 Å². The monoisotopic (exact) mass is 578 g/mol. The largest absolute Gasteiger partial charge is 0.489 e. The third-order valence-electron chi connectivity index (χ3n) is 5.56. The summed E-state index contributed by atoms with van der Waals surface area (Å²) in [5.74, 6) is 2.47. The van der Waals surface area contributed by atoms with E-state index in [1.807, 2.05) is 62.4 Å². The maximum absolute atomic E-state index is 6.10. The molecule has 0 saturated heterocycles. The van der Waals surface area contributed by atoms with Crippen molar-refractivity contribution >= 4 is 22.6 Å². The first kappa shape index (κ1) is 25.1. The Hall–Kier alpha value is -2.99. The maximum Gasteiger partial charge on any atom is 0.161 e. The first-order valence-corrected chi connectivity index (χ1v) is 13.1. The van der Waals surface area contributed by atoms with E-state index in [4.69, 9.17) is 14.2 Å². The van der Waals surface area contributed by atoms with Crippen molar-refractivity contribution in [2.45, 2.75) is 46.0 Å². The van der Waals surface area contributed by atoms with Gasteiger partial charge in [0, 0.05) is 3.57 Å². The number of benzene rings is 4. The molecule has 0 aliphatic heterocycles. The Bertz CT molecular complexity index is 1210. The van der Waals surface area contributed by atoms with Gasteiger partial charge in [-0.1, -0.05) is 66.7 Å². The fraction of sp³-hybridized carbons (Fsp3) is 0.226. The predicted octanol–water partition coefficient (Wildman–Crippen LogP) is 8.02. The molecule has 0 radical (unpaired) electrons. The van der Waals surface area contributed by atoms with Crippen LogP contribution in [0.25, 0.3) is 0 Å². The molecule has 3 nitrogen and oxygen atoms in total. The van der Waals surface area contributed by atoms with Crippen LogP contribution in [0, 0.1) is 3.57 Å². The third kappa shape index (κ3) is 7.76. The van der Waals surface area contributed by atoms with Gasteiger partial charge in [0.2, 0.25) is 0 Å². The second kappa shape index (κ2) is 12.6. The van der Waals surface area contributed by atoms with Gasteiger partial charge in [0.1, 0.15) is 19.0 Å². The van der Waals surface area contributed by atoms with Crippen LogP contribution in [-0.2, 0) is 26.1 Å². The SMILES string of the molecule is CC(C)Oc1cc(CCc2cc(OCc3ccccc3)ccc2I)ccc1OCc1ccccc1. The molecule has 4 aromatic carbocycles. The molecular weight excluding hydrogens is 547 g/mol. The molecular formula is C31H31IO3. The van der Waals surface area contributed by atoms with Crippen molar-refractivity contribution in [3.05, 3.63) is 123 Å². The van der Waals surface area contributed by atoms with E-state index in [1.54, 1.807) is 0 Å². The van der Waals surface area contributed by atoms with Crippen molar-refractivity contribution in [2.75, 3.05) is 0 Å². The Kier molecular flexibility index (Phi) is 9.07. The van der Waals surface area contributed by atoms with Crippen molar-refractivity contribution in [1.82, 2.24) is 0 Å². The molecule has 4 heteroatoms. The summed E-state index contributed by atoms with van der Waals surface area (Å²) in [4.78, 5) is 0. The highest BCUT2D eigenvalue weighted by Crippen LogP contribution is 2.31. The number of aryl methyl sites for hydroxylation is 2. The van der Waals surface area contributed by atoms with Crippen molar-refractivity contribution in [3.63, 3.8) is 0 Å². The van der Waals surface area contributed by atoms with E-state index in [1.165, 1.54) is 20.3 Å². The molecule has 0 heterocycles. The van der Waals surface area contributed by atoms with Crippen LogP contribution in [0.1, 0.15) is 36.1 Å². The molecule has 0 spiro atoms. The average Bonchev–Trinajstić information content (AvgIpc) is 2.88. The fourth-order valence-electron chi connectivity index (χ4n) is 3.76. The van der Waals surface area contributed by atoms with Crippen LogP contribution in [0.5, 0.6) is 17.2 Å². The van der Waals surface area contributed by atoms with Gasteiger partial charge in [-0.3, -0.25) is 0 Å². The highest BCUT2D eigenvalue weighted by molar-refractivity contribution is 14.1. The molecule has 0 amide bonds. The summed E-state index contributed by atoms with van der Waals surface area (Å²) in [5, 5.41) is 0. The molecule has 0 aliphatic carbocycles. The van der Waals surface area contributed by atoms with Crippen LogP contribution in [0.3, 0.4) is 0 Å². The lowest BCUT2D eigenvalue weighted by atomic mass is 10.0. The molecule has 0 unspecified atom stereocenters. The van der Waals surface area contributed by atoms with E-state index in [2.05, 4.69) is 71.1 Å². The molecule has 4 rings (SSSR count). The first-order valence-electron chi connectivity index (χ1n) is 12.0. The van der Waals surface area contributed by atoms with Crippen LogP contribution in [0.15, 0.2) is 97.1 Å². The number of hydrogen-bond donors (Lipinski definition) is 0. The minimum Gasteiger partial charge on any atom is -0.489 e. The second-order valence-corrected chi connectivity index (χ2v) is 9.91. The summed E-state index contributed by atoms with van der Waals surface area (Å²) in [6.07, 6.45) is 1.90. The van der Waals surface area contributed by atoms with Crippen molar-refractivity contribution < 1.29 is 14.2 Å². The van der Waals surface area contributed by atoms with E-state index in [0.717, 1.165) is 35.7 Å². The average molecular weight is 578 g/mol. The van der Waals surface area contributed by atoms with E-state index in [0.29, 0.717) is 13.2 Å². The lowest BCUT2D eigenvalue weighted by molar-refractivity contribution is 0.218. The Morgan fingerprint density at radius 1 is 0.629 bits per heavy atom. The minimum atomic E-state index is 0.0729. The van der Waals surface area contributed by atoms with Crippen molar-refractivity contribution in [2.24, 2.45) is 0 Å². The molecule has 180 valence electrons. The lowest BCUT2D eigenvalue weighted by Gasteiger charge is -2.17. The van der Waals surface area contributed by atoms with E-state index < -0.39 is 0 Å². The van der Waals surface area contributed by atoms with Gasteiger partial charge in [-0.25, -0.2) is 0 Å². The Balaban J connectivity index is 1.41. The molecule has 0 N–H and O–H groups in total. The van der Waals surface area contributed by atoms with Gasteiger partial charge in [0.25, 0.3) is 0 Å². The van der Waals surface area contributed by atoms with Crippen LogP contribution in [0.4, 0.5) is 0 Å². The first-order chi connectivity index (χ1) is 17.1. The molecule has 0 fully saturated rings. The van der Waals surface area contributed by atoms with Crippen molar-refractivity contribution in [1.29, 1.82) is 0 Å². The van der Waals surface area contributed by atoms with Gasteiger partial charge < -0.3 is 14.2 Å². The standard InChI is InChI=1S/C31H31IO3/c1-23(2)35-31-19-24(14-18-30(31)34-22-26-11-7-4-8-12-26)13-15-27-20-28(16-17-29(27)32)33-21-25-9-5-3-6-10-25/h3-12,14,16-20,23H,13,15,21-22H2,1-2H3. The highest BCUT2D eigenvalue weighted by Gasteiger charge is 2.11. The molecule has 35 heavy (non-hydrogen) atoms. The number of rotatable bonds is 11. The molecule has 4 aromatic rings. The lowest BCUT2D eigenvalue weighted by Crippen LogP contribution is -2.08. The van der Waals surface area contributed by atoms with Crippen molar-refractivity contribution in [3.8, 4) is 17.2 Å². The summed E-state index contributed by atoms with van der Waals surface area (Å²) in [5.41, 5.74) is 4.81. The van der Waals surface area contributed by atoms with Gasteiger partial charge in [0.15, 0.2) is 11.5 Å². The summed E-state index contributed by atoms with van der Waals surface area (Å²) < 4.78 is 19.5. The Morgan fingerprint density at radius 3 is 1.94 bits per heavy atom. The summed E-state index contributed by atoms with van der Waals surface area (Å²) in [6, 6.07) is 33.1.